The van der Waals surface area contributed by atoms with Crippen LogP contribution in [0.2, 0.25) is 0 Å². The first-order valence-corrected chi connectivity index (χ1v) is 11.3. The fourth-order valence-corrected chi connectivity index (χ4v) is 4.98. The lowest BCUT2D eigenvalue weighted by Crippen LogP contribution is -2.41. The maximum Gasteiger partial charge on any atom is 0.241 e. The van der Waals surface area contributed by atoms with Gasteiger partial charge in [0.2, 0.25) is 15.9 Å². The molecule has 1 atom stereocenters. The number of hydrogen-bond donors (Lipinski definition) is 1. The number of methoxy groups -OCH3 is 1. The summed E-state index contributed by atoms with van der Waals surface area (Å²) in [6, 6.07) is 18.6. The Morgan fingerprint density at radius 2 is 1.94 bits per heavy atom. The Bertz CT molecular complexity index is 1300. The Balaban J connectivity index is 1.50. The zero-order valence-corrected chi connectivity index (χ0v) is 17.7. The van der Waals surface area contributed by atoms with Crippen molar-refractivity contribution in [1.29, 1.82) is 5.26 Å². The molecule has 3 aromatic carbocycles. The van der Waals surface area contributed by atoms with Crippen LogP contribution < -0.4 is 9.46 Å². The SMILES string of the molecule is COc1ccc2ccc(S(=O)(=O)NC3CCN(Cc4cccc(C#N)c4)C3=O)cc2c1. The summed E-state index contributed by atoms with van der Waals surface area (Å²) in [6.07, 6.45) is 0.386. The number of likely N-dealkylation sites (tertiary alicyclic amines) is 1. The van der Waals surface area contributed by atoms with Gasteiger partial charge in [0.15, 0.2) is 0 Å². The van der Waals surface area contributed by atoms with E-state index in [0.29, 0.717) is 30.8 Å². The zero-order chi connectivity index (χ0) is 22.0. The highest BCUT2D eigenvalue weighted by Crippen LogP contribution is 2.25. The number of ether oxygens (including phenoxy) is 1. The molecule has 1 saturated heterocycles. The first-order chi connectivity index (χ1) is 14.9. The van der Waals surface area contributed by atoms with Gasteiger partial charge in [0.05, 0.1) is 23.6 Å². The molecule has 7 nitrogen and oxygen atoms in total. The molecule has 1 aliphatic rings. The van der Waals surface area contributed by atoms with Gasteiger partial charge in [-0.25, -0.2) is 8.42 Å². The van der Waals surface area contributed by atoms with E-state index < -0.39 is 16.1 Å². The number of carbonyl (C=O) groups excluding carboxylic acids is 1. The van der Waals surface area contributed by atoms with E-state index in [9.17, 15) is 13.2 Å². The van der Waals surface area contributed by atoms with Crippen molar-refractivity contribution in [3.63, 3.8) is 0 Å². The molecule has 3 aromatic rings. The number of nitrogens with one attached hydrogen (secondary N) is 1. The predicted octanol–water partition coefficient (Wildman–Crippen LogP) is 2.80. The van der Waals surface area contributed by atoms with Crippen molar-refractivity contribution in [2.24, 2.45) is 0 Å². The van der Waals surface area contributed by atoms with Crippen LogP contribution in [0.3, 0.4) is 0 Å². The number of rotatable bonds is 6. The molecule has 0 aliphatic carbocycles. The molecule has 8 heteroatoms. The number of fused-ring (bicyclic) bond motifs is 1. The standard InChI is InChI=1S/C23H21N3O4S/c1-30-20-7-5-18-6-8-21(13-19(18)12-20)31(28,29)25-22-9-10-26(23(22)27)15-17-4-2-3-16(11-17)14-24/h2-8,11-13,22,25H,9-10,15H2,1H3. The highest BCUT2D eigenvalue weighted by Gasteiger charge is 2.35. The second-order valence-electron chi connectivity index (χ2n) is 7.41. The molecule has 1 N–H and O–H groups in total. The van der Waals surface area contributed by atoms with Gasteiger partial charge in [-0.3, -0.25) is 4.79 Å². The average Bonchev–Trinajstić information content (AvgIpc) is 3.11. The van der Waals surface area contributed by atoms with Crippen LogP contribution in [0.25, 0.3) is 10.8 Å². The van der Waals surface area contributed by atoms with Gasteiger partial charge in [0.25, 0.3) is 0 Å². The highest BCUT2D eigenvalue weighted by atomic mass is 32.2. The van der Waals surface area contributed by atoms with Gasteiger partial charge in [-0.1, -0.05) is 24.3 Å². The topological polar surface area (TPSA) is 99.5 Å². The zero-order valence-electron chi connectivity index (χ0n) is 16.9. The predicted molar refractivity (Wildman–Crippen MR) is 116 cm³/mol. The molecule has 0 aromatic heterocycles. The Labute approximate surface area is 180 Å². The maximum atomic E-state index is 12.9. The van der Waals surface area contributed by atoms with Gasteiger partial charge in [-0.15, -0.1) is 0 Å². The van der Waals surface area contributed by atoms with E-state index in [4.69, 9.17) is 10.00 Å². The van der Waals surface area contributed by atoms with Gasteiger partial charge in [0, 0.05) is 13.1 Å². The van der Waals surface area contributed by atoms with Crippen LogP contribution in [-0.2, 0) is 21.4 Å². The van der Waals surface area contributed by atoms with Crippen LogP contribution in [0.5, 0.6) is 5.75 Å². The van der Waals surface area contributed by atoms with Gasteiger partial charge in [-0.05, 0) is 59.2 Å². The number of nitrogens with zero attached hydrogens (tertiary/aromatic N) is 2. The monoisotopic (exact) mass is 435 g/mol. The third kappa shape index (κ3) is 4.38. The van der Waals surface area contributed by atoms with Crippen LogP contribution in [0.4, 0.5) is 0 Å². The Morgan fingerprint density at radius 1 is 1.13 bits per heavy atom. The minimum atomic E-state index is -3.88. The minimum Gasteiger partial charge on any atom is -0.497 e. The van der Waals surface area contributed by atoms with Crippen molar-refractivity contribution in [1.82, 2.24) is 9.62 Å². The van der Waals surface area contributed by atoms with Crippen molar-refractivity contribution in [2.45, 2.75) is 23.9 Å². The van der Waals surface area contributed by atoms with Crippen LogP contribution in [0.1, 0.15) is 17.5 Å². The lowest BCUT2D eigenvalue weighted by molar-refractivity contribution is -0.129. The Morgan fingerprint density at radius 3 is 2.71 bits per heavy atom. The minimum absolute atomic E-state index is 0.0984. The summed E-state index contributed by atoms with van der Waals surface area (Å²) >= 11 is 0. The molecule has 0 spiro atoms. The number of sulfonamides is 1. The molecule has 4 rings (SSSR count). The first kappa shape index (κ1) is 20.8. The number of benzene rings is 3. The summed E-state index contributed by atoms with van der Waals surface area (Å²) in [5.74, 6) is 0.366. The smallest absolute Gasteiger partial charge is 0.241 e. The van der Waals surface area contributed by atoms with E-state index in [2.05, 4.69) is 10.8 Å². The average molecular weight is 436 g/mol. The largest absolute Gasteiger partial charge is 0.497 e. The summed E-state index contributed by atoms with van der Waals surface area (Å²) in [5, 5.41) is 10.7. The summed E-state index contributed by atoms with van der Waals surface area (Å²) in [5.41, 5.74) is 1.36. The summed E-state index contributed by atoms with van der Waals surface area (Å²) < 4.78 is 33.6. The van der Waals surface area contributed by atoms with E-state index in [1.54, 1.807) is 48.4 Å². The first-order valence-electron chi connectivity index (χ1n) is 9.77. The Hall–Kier alpha value is -3.41. The molecule has 1 heterocycles. The lowest BCUT2D eigenvalue weighted by atomic mass is 10.1. The molecule has 0 radical (unpaired) electrons. The van der Waals surface area contributed by atoms with Gasteiger partial charge in [0.1, 0.15) is 11.8 Å². The van der Waals surface area contributed by atoms with Crippen LogP contribution >= 0.6 is 0 Å². The molecule has 158 valence electrons. The third-order valence-electron chi connectivity index (χ3n) is 5.35. The van der Waals surface area contributed by atoms with Crippen molar-refractivity contribution in [3.8, 4) is 11.8 Å². The number of carbonyl (C=O) groups is 1. The molecule has 31 heavy (non-hydrogen) atoms. The fraction of sp³-hybridized carbons (Fsp3) is 0.217. The molecule has 1 aliphatic heterocycles. The number of hydrogen-bond acceptors (Lipinski definition) is 5. The van der Waals surface area contributed by atoms with Gasteiger partial charge < -0.3 is 9.64 Å². The quantitative estimate of drug-likeness (QED) is 0.642. The molecule has 1 amide bonds. The normalized spacial score (nSPS) is 16.5. The highest BCUT2D eigenvalue weighted by molar-refractivity contribution is 7.89. The Kier molecular flexibility index (Phi) is 5.63. The number of nitriles is 1. The fourth-order valence-electron chi connectivity index (χ4n) is 3.72. The lowest BCUT2D eigenvalue weighted by Gasteiger charge is -2.17. The molecule has 0 bridgehead atoms. The molecule has 1 unspecified atom stereocenters. The van der Waals surface area contributed by atoms with E-state index in [1.165, 1.54) is 6.07 Å². The van der Waals surface area contributed by atoms with Crippen LogP contribution in [0, 0.1) is 11.3 Å². The van der Waals surface area contributed by atoms with E-state index >= 15 is 0 Å². The molecular weight excluding hydrogens is 414 g/mol. The van der Waals surface area contributed by atoms with E-state index in [0.717, 1.165) is 16.3 Å². The van der Waals surface area contributed by atoms with Crippen molar-refractivity contribution < 1.29 is 17.9 Å². The molecule has 0 saturated carbocycles. The third-order valence-corrected chi connectivity index (χ3v) is 6.82. The molecule has 1 fully saturated rings. The van der Waals surface area contributed by atoms with Crippen molar-refractivity contribution >= 4 is 26.7 Å². The van der Waals surface area contributed by atoms with E-state index in [1.807, 2.05) is 18.2 Å². The number of amides is 1. The second-order valence-corrected chi connectivity index (χ2v) is 9.12. The molecular formula is C23H21N3O4S. The summed E-state index contributed by atoms with van der Waals surface area (Å²) in [4.78, 5) is 14.5. The maximum absolute atomic E-state index is 12.9. The van der Waals surface area contributed by atoms with Crippen LogP contribution in [0.15, 0.2) is 65.6 Å². The summed E-state index contributed by atoms with van der Waals surface area (Å²) in [7, 11) is -2.32. The van der Waals surface area contributed by atoms with Crippen LogP contribution in [-0.4, -0.2) is 38.9 Å². The van der Waals surface area contributed by atoms with Crippen molar-refractivity contribution in [2.75, 3.05) is 13.7 Å². The van der Waals surface area contributed by atoms with Crippen molar-refractivity contribution in [3.05, 3.63) is 71.8 Å². The van der Waals surface area contributed by atoms with E-state index in [-0.39, 0.29) is 10.8 Å². The summed E-state index contributed by atoms with van der Waals surface area (Å²) in [6.45, 7) is 0.778. The van der Waals surface area contributed by atoms with Gasteiger partial charge in [-0.2, -0.15) is 9.98 Å². The second kappa shape index (κ2) is 8.38. The van der Waals surface area contributed by atoms with Gasteiger partial charge >= 0.3 is 0 Å².